The van der Waals surface area contributed by atoms with E-state index in [1.54, 1.807) is 7.11 Å². The first kappa shape index (κ1) is 14.5. The van der Waals surface area contributed by atoms with Gasteiger partial charge in [-0.3, -0.25) is 4.79 Å². The molecule has 0 saturated heterocycles. The van der Waals surface area contributed by atoms with Gasteiger partial charge in [0.05, 0.1) is 19.6 Å². The van der Waals surface area contributed by atoms with Crippen molar-refractivity contribution in [2.45, 2.75) is 12.8 Å². The summed E-state index contributed by atoms with van der Waals surface area (Å²) in [5.41, 5.74) is 0.947. The van der Waals surface area contributed by atoms with Crippen LogP contribution >= 0.6 is 0 Å². The number of benzene rings is 1. The summed E-state index contributed by atoms with van der Waals surface area (Å²) in [6.07, 6.45) is 0. The molecule has 0 radical (unpaired) electrons. The van der Waals surface area contributed by atoms with E-state index in [1.807, 2.05) is 50.2 Å². The lowest BCUT2D eigenvalue weighted by Gasteiger charge is -2.20. The van der Waals surface area contributed by atoms with Crippen molar-refractivity contribution in [1.29, 1.82) is 0 Å². The van der Waals surface area contributed by atoms with Crippen molar-refractivity contribution in [3.05, 3.63) is 29.8 Å². The zero-order valence-electron chi connectivity index (χ0n) is 11.5. The Morgan fingerprint density at radius 2 is 1.89 bits per heavy atom. The van der Waals surface area contributed by atoms with Gasteiger partial charge < -0.3 is 14.4 Å². The Hall–Kier alpha value is -1.55. The number of carbonyl (C=O) groups excluding carboxylic acids is 1. The maximum atomic E-state index is 12.0. The van der Waals surface area contributed by atoms with Crippen LogP contribution in [0.25, 0.3) is 0 Å². The highest BCUT2D eigenvalue weighted by molar-refractivity contribution is 5.78. The van der Waals surface area contributed by atoms with Crippen LogP contribution in [0.2, 0.25) is 0 Å². The van der Waals surface area contributed by atoms with Crippen molar-refractivity contribution in [1.82, 2.24) is 4.90 Å². The van der Waals surface area contributed by atoms with Crippen molar-refractivity contribution in [3.8, 4) is 5.75 Å². The molecule has 4 nitrogen and oxygen atoms in total. The Balaban J connectivity index is 2.89. The Morgan fingerprint density at radius 3 is 2.33 bits per heavy atom. The van der Waals surface area contributed by atoms with Gasteiger partial charge in [-0.15, -0.1) is 0 Å². The van der Waals surface area contributed by atoms with Crippen LogP contribution in [0.3, 0.4) is 0 Å². The normalized spacial score (nSPS) is 12.3. The van der Waals surface area contributed by atoms with Gasteiger partial charge in [0.2, 0.25) is 0 Å². The van der Waals surface area contributed by atoms with E-state index in [4.69, 9.17) is 9.47 Å². The SMILES string of the molecule is CCOC(=O)[C@H](CN(C)C)c1ccc(OC)cc1. The lowest BCUT2D eigenvalue weighted by atomic mass is 9.98. The third-order valence-electron chi connectivity index (χ3n) is 2.64. The van der Waals surface area contributed by atoms with E-state index in [-0.39, 0.29) is 11.9 Å². The van der Waals surface area contributed by atoms with Gasteiger partial charge in [0.15, 0.2) is 0 Å². The summed E-state index contributed by atoms with van der Waals surface area (Å²) < 4.78 is 10.2. The molecule has 0 saturated carbocycles. The minimum atomic E-state index is -0.258. The standard InChI is InChI=1S/C14H21NO3/c1-5-18-14(16)13(10-15(2)3)11-6-8-12(17-4)9-7-11/h6-9,13H,5,10H2,1-4H3/t13-/m1/s1. The number of esters is 1. The van der Waals surface area contributed by atoms with Gasteiger partial charge in [-0.25, -0.2) is 0 Å². The predicted molar refractivity (Wildman–Crippen MR) is 70.9 cm³/mol. The summed E-state index contributed by atoms with van der Waals surface area (Å²) in [7, 11) is 5.50. The van der Waals surface area contributed by atoms with Crippen LogP contribution in [-0.4, -0.2) is 45.2 Å². The highest BCUT2D eigenvalue weighted by Gasteiger charge is 2.22. The second-order valence-corrected chi connectivity index (χ2v) is 4.34. The molecule has 1 atom stereocenters. The smallest absolute Gasteiger partial charge is 0.314 e. The van der Waals surface area contributed by atoms with Crippen LogP contribution in [0.1, 0.15) is 18.4 Å². The highest BCUT2D eigenvalue weighted by atomic mass is 16.5. The molecular formula is C14H21NO3. The van der Waals surface area contributed by atoms with Crippen molar-refractivity contribution in [2.24, 2.45) is 0 Å². The number of rotatable bonds is 6. The number of nitrogens with zero attached hydrogens (tertiary/aromatic N) is 1. The minimum absolute atomic E-state index is 0.184. The molecule has 18 heavy (non-hydrogen) atoms. The summed E-state index contributed by atoms with van der Waals surface area (Å²) >= 11 is 0. The van der Waals surface area contributed by atoms with Gasteiger partial charge >= 0.3 is 5.97 Å². The zero-order valence-corrected chi connectivity index (χ0v) is 11.5. The van der Waals surface area contributed by atoms with Crippen LogP contribution in [0, 0.1) is 0 Å². The number of likely N-dealkylation sites (N-methyl/N-ethyl adjacent to an activating group) is 1. The topological polar surface area (TPSA) is 38.8 Å². The molecule has 4 heteroatoms. The molecule has 100 valence electrons. The summed E-state index contributed by atoms with van der Waals surface area (Å²) in [5, 5.41) is 0. The zero-order chi connectivity index (χ0) is 13.5. The summed E-state index contributed by atoms with van der Waals surface area (Å²) in [6, 6.07) is 7.53. The second kappa shape index (κ2) is 7.01. The molecule has 0 N–H and O–H groups in total. The van der Waals surface area contributed by atoms with Crippen LogP contribution in [0.4, 0.5) is 0 Å². The first-order chi connectivity index (χ1) is 8.58. The van der Waals surface area contributed by atoms with Crippen LogP contribution in [0.5, 0.6) is 5.75 Å². The number of ether oxygens (including phenoxy) is 2. The predicted octanol–water partition coefficient (Wildman–Crippen LogP) is 1.90. The van der Waals surface area contributed by atoms with E-state index in [1.165, 1.54) is 0 Å². The molecule has 0 aliphatic carbocycles. The Bertz CT molecular complexity index is 373. The Morgan fingerprint density at radius 1 is 1.28 bits per heavy atom. The molecule has 0 aliphatic rings. The van der Waals surface area contributed by atoms with Crippen molar-refractivity contribution in [2.75, 3.05) is 34.4 Å². The van der Waals surface area contributed by atoms with Crippen LogP contribution in [-0.2, 0) is 9.53 Å². The lowest BCUT2D eigenvalue weighted by molar-refractivity contribution is -0.145. The monoisotopic (exact) mass is 251 g/mol. The van der Waals surface area contributed by atoms with Crippen molar-refractivity contribution in [3.63, 3.8) is 0 Å². The Labute approximate surface area is 108 Å². The molecule has 0 aliphatic heterocycles. The van der Waals surface area contributed by atoms with E-state index in [2.05, 4.69) is 0 Å². The first-order valence-electron chi connectivity index (χ1n) is 6.03. The third kappa shape index (κ3) is 4.04. The van der Waals surface area contributed by atoms with Crippen LogP contribution in [0.15, 0.2) is 24.3 Å². The molecular weight excluding hydrogens is 230 g/mol. The molecule has 0 heterocycles. The van der Waals surface area contributed by atoms with Crippen LogP contribution < -0.4 is 4.74 Å². The quantitative estimate of drug-likeness (QED) is 0.724. The number of hydrogen-bond donors (Lipinski definition) is 0. The fraction of sp³-hybridized carbons (Fsp3) is 0.500. The van der Waals surface area contributed by atoms with E-state index < -0.39 is 0 Å². The van der Waals surface area contributed by atoms with Gasteiger partial charge in [0.25, 0.3) is 0 Å². The minimum Gasteiger partial charge on any atom is -0.497 e. The molecule has 1 aromatic rings. The van der Waals surface area contributed by atoms with Gasteiger partial charge in [-0.2, -0.15) is 0 Å². The van der Waals surface area contributed by atoms with Gasteiger partial charge in [-0.1, -0.05) is 12.1 Å². The van der Waals surface area contributed by atoms with E-state index >= 15 is 0 Å². The fourth-order valence-electron chi connectivity index (χ4n) is 1.76. The molecule has 0 amide bonds. The first-order valence-corrected chi connectivity index (χ1v) is 6.03. The lowest BCUT2D eigenvalue weighted by Crippen LogP contribution is -2.27. The number of methoxy groups -OCH3 is 1. The van der Waals surface area contributed by atoms with E-state index in [9.17, 15) is 4.79 Å². The summed E-state index contributed by atoms with van der Waals surface area (Å²) in [4.78, 5) is 13.9. The summed E-state index contributed by atoms with van der Waals surface area (Å²) in [5.74, 6) is 0.341. The number of carbonyl (C=O) groups is 1. The Kier molecular flexibility index (Phi) is 5.65. The van der Waals surface area contributed by atoms with Gasteiger partial charge in [-0.05, 0) is 38.7 Å². The van der Waals surface area contributed by atoms with E-state index in [0.29, 0.717) is 13.2 Å². The molecule has 0 fully saturated rings. The molecule has 0 spiro atoms. The third-order valence-corrected chi connectivity index (χ3v) is 2.64. The van der Waals surface area contributed by atoms with Gasteiger partial charge in [0, 0.05) is 6.54 Å². The molecule has 0 aromatic heterocycles. The largest absolute Gasteiger partial charge is 0.497 e. The molecule has 1 aromatic carbocycles. The summed E-state index contributed by atoms with van der Waals surface area (Å²) in [6.45, 7) is 2.85. The maximum Gasteiger partial charge on any atom is 0.314 e. The average molecular weight is 251 g/mol. The van der Waals surface area contributed by atoms with E-state index in [0.717, 1.165) is 11.3 Å². The average Bonchev–Trinajstić information content (AvgIpc) is 2.36. The number of hydrogen-bond acceptors (Lipinski definition) is 4. The van der Waals surface area contributed by atoms with Gasteiger partial charge in [0.1, 0.15) is 5.75 Å². The molecule has 0 unspecified atom stereocenters. The fourth-order valence-corrected chi connectivity index (χ4v) is 1.76. The van der Waals surface area contributed by atoms with Crippen molar-refractivity contribution < 1.29 is 14.3 Å². The molecule has 0 bridgehead atoms. The maximum absolute atomic E-state index is 12.0. The second-order valence-electron chi connectivity index (χ2n) is 4.34. The van der Waals surface area contributed by atoms with Crippen molar-refractivity contribution >= 4 is 5.97 Å². The highest BCUT2D eigenvalue weighted by Crippen LogP contribution is 2.21. The molecule has 1 rings (SSSR count).